The molecular formula is C22H30N10O2. The highest BCUT2D eigenvalue weighted by molar-refractivity contribution is 5.88. The first-order valence-corrected chi connectivity index (χ1v) is 11.7. The van der Waals surface area contributed by atoms with Gasteiger partial charge in [-0.1, -0.05) is 6.58 Å². The number of ether oxygens (including phenoxy) is 1. The number of nitrogens with zero attached hydrogens (tertiary/aromatic N) is 7. The molecule has 0 aliphatic carbocycles. The van der Waals surface area contributed by atoms with E-state index in [-0.39, 0.29) is 11.9 Å². The molecule has 0 radical (unpaired) electrons. The fourth-order valence-corrected chi connectivity index (χ4v) is 4.37. The Morgan fingerprint density at radius 3 is 2.97 bits per heavy atom. The fraction of sp³-hybridized carbons (Fsp3) is 0.500. The van der Waals surface area contributed by atoms with E-state index in [0.717, 1.165) is 69.9 Å². The highest BCUT2D eigenvalue weighted by atomic mass is 16.5. The molecule has 3 aromatic rings. The Labute approximate surface area is 197 Å². The van der Waals surface area contributed by atoms with Crippen LogP contribution in [0.3, 0.4) is 0 Å². The Kier molecular flexibility index (Phi) is 6.67. The quantitative estimate of drug-likeness (QED) is 0.420. The number of nitrogens with one attached hydrogen (secondary N) is 3. The standard InChI is InChI=1S/C22H30N10O2/c1-2-19(33)31-5-3-4-16(14-31)25-20-18-13-23-29-21(18)28-22(27-20)26-17-12-24-32(15-17)7-6-30-8-10-34-11-9-30/h2,12-13,15-16H,1,3-11,14H2,(H3,23,25,26,27,28,29)/t16-/m1/s1. The molecule has 34 heavy (non-hydrogen) atoms. The lowest BCUT2D eigenvalue weighted by molar-refractivity contribution is -0.127. The Balaban J connectivity index is 1.26. The number of carbonyl (C=O) groups is 1. The number of aromatic amines is 1. The zero-order valence-electron chi connectivity index (χ0n) is 19.1. The maximum Gasteiger partial charge on any atom is 0.246 e. The van der Waals surface area contributed by atoms with Crippen LogP contribution in [0.5, 0.6) is 0 Å². The number of anilines is 3. The van der Waals surface area contributed by atoms with Crippen molar-refractivity contribution in [3.63, 3.8) is 0 Å². The molecule has 2 saturated heterocycles. The van der Waals surface area contributed by atoms with Crippen LogP contribution in [0.25, 0.3) is 11.0 Å². The van der Waals surface area contributed by atoms with Crippen molar-refractivity contribution < 1.29 is 9.53 Å². The second kappa shape index (κ2) is 10.2. The molecule has 180 valence electrons. The number of rotatable bonds is 8. The lowest BCUT2D eigenvalue weighted by Crippen LogP contribution is -2.44. The number of hydrogen-bond donors (Lipinski definition) is 3. The van der Waals surface area contributed by atoms with Gasteiger partial charge in [0.15, 0.2) is 5.65 Å². The minimum absolute atomic E-state index is 0.0457. The Morgan fingerprint density at radius 1 is 1.24 bits per heavy atom. The number of carbonyl (C=O) groups excluding carboxylic acids is 1. The molecule has 3 aromatic heterocycles. The monoisotopic (exact) mass is 466 g/mol. The van der Waals surface area contributed by atoms with Gasteiger partial charge < -0.3 is 20.3 Å². The minimum atomic E-state index is -0.0457. The maximum absolute atomic E-state index is 12.0. The van der Waals surface area contributed by atoms with Crippen molar-refractivity contribution >= 4 is 34.4 Å². The first kappa shape index (κ1) is 22.3. The van der Waals surface area contributed by atoms with Crippen molar-refractivity contribution in [2.45, 2.75) is 25.4 Å². The van der Waals surface area contributed by atoms with Crippen LogP contribution >= 0.6 is 0 Å². The molecule has 0 bridgehead atoms. The normalized spacial score (nSPS) is 19.3. The van der Waals surface area contributed by atoms with E-state index in [9.17, 15) is 4.79 Å². The highest BCUT2D eigenvalue weighted by Gasteiger charge is 2.23. The van der Waals surface area contributed by atoms with Gasteiger partial charge in [0.25, 0.3) is 0 Å². The third kappa shape index (κ3) is 5.18. The van der Waals surface area contributed by atoms with E-state index in [2.05, 4.69) is 42.4 Å². The molecule has 1 amide bonds. The number of likely N-dealkylation sites (tertiary alicyclic amines) is 1. The van der Waals surface area contributed by atoms with Gasteiger partial charge in [0.1, 0.15) is 5.82 Å². The average molecular weight is 467 g/mol. The summed E-state index contributed by atoms with van der Waals surface area (Å²) in [6.07, 6.45) is 8.67. The summed E-state index contributed by atoms with van der Waals surface area (Å²) in [7, 11) is 0. The van der Waals surface area contributed by atoms with Crippen molar-refractivity contribution in [3.05, 3.63) is 31.2 Å². The van der Waals surface area contributed by atoms with Gasteiger partial charge in [0.05, 0.1) is 43.2 Å². The molecule has 12 heteroatoms. The summed E-state index contributed by atoms with van der Waals surface area (Å²) in [4.78, 5) is 25.5. The van der Waals surface area contributed by atoms with Crippen LogP contribution < -0.4 is 10.6 Å². The van der Waals surface area contributed by atoms with E-state index in [1.54, 1.807) is 12.4 Å². The van der Waals surface area contributed by atoms with Crippen LogP contribution in [-0.4, -0.2) is 97.6 Å². The zero-order valence-corrected chi connectivity index (χ0v) is 19.1. The van der Waals surface area contributed by atoms with Crippen LogP contribution in [0.2, 0.25) is 0 Å². The van der Waals surface area contributed by atoms with Crippen LogP contribution in [0.4, 0.5) is 17.5 Å². The molecular weight excluding hydrogens is 436 g/mol. The largest absolute Gasteiger partial charge is 0.379 e. The Hall–Kier alpha value is -3.51. The third-order valence-corrected chi connectivity index (χ3v) is 6.20. The van der Waals surface area contributed by atoms with Gasteiger partial charge in [0.2, 0.25) is 11.9 Å². The third-order valence-electron chi connectivity index (χ3n) is 6.20. The SMILES string of the molecule is C=CC(=O)N1CCC[C@@H](Nc2nc(Nc3cnn(CCN4CCOCC4)c3)nc3[nH]ncc23)C1. The Morgan fingerprint density at radius 2 is 2.12 bits per heavy atom. The summed E-state index contributed by atoms with van der Waals surface area (Å²) in [5.74, 6) is 1.08. The van der Waals surface area contributed by atoms with Crippen molar-refractivity contribution in [1.82, 2.24) is 39.7 Å². The molecule has 0 aromatic carbocycles. The number of hydrogen-bond acceptors (Lipinski definition) is 9. The number of aromatic nitrogens is 6. The molecule has 0 spiro atoms. The molecule has 5 rings (SSSR count). The van der Waals surface area contributed by atoms with E-state index < -0.39 is 0 Å². The van der Waals surface area contributed by atoms with Gasteiger partial charge in [0, 0.05) is 45.0 Å². The highest BCUT2D eigenvalue weighted by Crippen LogP contribution is 2.24. The molecule has 12 nitrogen and oxygen atoms in total. The lowest BCUT2D eigenvalue weighted by atomic mass is 10.1. The fourth-order valence-electron chi connectivity index (χ4n) is 4.37. The van der Waals surface area contributed by atoms with Crippen LogP contribution in [0.15, 0.2) is 31.2 Å². The summed E-state index contributed by atoms with van der Waals surface area (Å²) in [6, 6.07) is 0.0847. The first-order valence-electron chi connectivity index (χ1n) is 11.7. The van der Waals surface area contributed by atoms with Gasteiger partial charge in [-0.15, -0.1) is 0 Å². The molecule has 2 fully saturated rings. The van der Waals surface area contributed by atoms with E-state index in [0.29, 0.717) is 24.0 Å². The summed E-state index contributed by atoms with van der Waals surface area (Å²) < 4.78 is 7.32. The number of amides is 1. The Bertz CT molecular complexity index is 1140. The first-order chi connectivity index (χ1) is 16.7. The van der Waals surface area contributed by atoms with Crippen LogP contribution in [0.1, 0.15) is 12.8 Å². The maximum atomic E-state index is 12.0. The number of piperidine rings is 1. The zero-order chi connectivity index (χ0) is 23.3. The smallest absolute Gasteiger partial charge is 0.246 e. The van der Waals surface area contributed by atoms with Gasteiger partial charge in [-0.25, -0.2) is 0 Å². The molecule has 0 saturated carbocycles. The summed E-state index contributed by atoms with van der Waals surface area (Å²) in [5.41, 5.74) is 1.45. The van der Waals surface area contributed by atoms with Gasteiger partial charge >= 0.3 is 0 Å². The van der Waals surface area contributed by atoms with Gasteiger partial charge in [-0.2, -0.15) is 20.2 Å². The second-order valence-electron chi connectivity index (χ2n) is 8.57. The summed E-state index contributed by atoms with van der Waals surface area (Å²) >= 11 is 0. The van der Waals surface area contributed by atoms with Crippen molar-refractivity contribution in [3.8, 4) is 0 Å². The van der Waals surface area contributed by atoms with Crippen molar-refractivity contribution in [1.29, 1.82) is 0 Å². The molecule has 2 aliphatic heterocycles. The number of fused-ring (bicyclic) bond motifs is 1. The molecule has 3 N–H and O–H groups in total. The van der Waals surface area contributed by atoms with E-state index in [1.165, 1.54) is 6.08 Å². The molecule has 5 heterocycles. The van der Waals surface area contributed by atoms with Crippen molar-refractivity contribution in [2.75, 3.05) is 56.6 Å². The van der Waals surface area contributed by atoms with Crippen LogP contribution in [0, 0.1) is 0 Å². The van der Waals surface area contributed by atoms with Gasteiger partial charge in [-0.3, -0.25) is 19.5 Å². The molecule has 2 aliphatic rings. The molecule has 0 unspecified atom stereocenters. The van der Waals surface area contributed by atoms with E-state index in [4.69, 9.17) is 9.72 Å². The van der Waals surface area contributed by atoms with Gasteiger partial charge in [-0.05, 0) is 18.9 Å². The van der Waals surface area contributed by atoms with Crippen LogP contribution in [-0.2, 0) is 16.1 Å². The van der Waals surface area contributed by atoms with E-state index in [1.807, 2.05) is 15.8 Å². The lowest BCUT2D eigenvalue weighted by Gasteiger charge is -2.32. The molecule has 1 atom stereocenters. The average Bonchev–Trinajstić information content (AvgIpc) is 3.53. The second-order valence-corrected chi connectivity index (χ2v) is 8.57. The number of H-pyrrole nitrogens is 1. The number of morpholine rings is 1. The predicted octanol–water partition coefficient (Wildman–Crippen LogP) is 1.21. The van der Waals surface area contributed by atoms with Crippen molar-refractivity contribution in [2.24, 2.45) is 0 Å². The summed E-state index contributed by atoms with van der Waals surface area (Å²) in [6.45, 7) is 10.2. The topological polar surface area (TPSA) is 129 Å². The summed E-state index contributed by atoms with van der Waals surface area (Å²) in [5, 5.41) is 19.1. The van der Waals surface area contributed by atoms with E-state index >= 15 is 0 Å². The predicted molar refractivity (Wildman–Crippen MR) is 128 cm³/mol. The minimum Gasteiger partial charge on any atom is -0.379 e.